The highest BCUT2D eigenvalue weighted by atomic mass is 32.2. The van der Waals surface area contributed by atoms with Crippen LogP contribution in [0.4, 0.5) is 11.4 Å². The van der Waals surface area contributed by atoms with Crippen molar-refractivity contribution in [3.05, 3.63) is 75.2 Å². The summed E-state index contributed by atoms with van der Waals surface area (Å²) in [5, 5.41) is 21.4. The zero-order chi connectivity index (χ0) is 20.1. The van der Waals surface area contributed by atoms with Crippen molar-refractivity contribution in [2.45, 2.75) is 0 Å². The molecule has 0 unspecified atom stereocenters. The number of hydrogen-bond donors (Lipinski definition) is 0. The first-order chi connectivity index (χ1) is 13.4. The standard InChI is InChI=1S/C19H18N4O4S/c20-15-17-14-18(23(24)25)6-7-19(17)21-9-11-22(12-10-21)28(26,27)13-8-16-4-2-1-3-5-16/h1-8,13-14H,9-12H2/b13-8+. The van der Waals surface area contributed by atoms with E-state index in [4.69, 9.17) is 0 Å². The summed E-state index contributed by atoms with van der Waals surface area (Å²) in [6.45, 7) is 1.32. The number of non-ortho nitro benzene ring substituents is 1. The Balaban J connectivity index is 1.70. The average molecular weight is 398 g/mol. The normalized spacial score (nSPS) is 15.5. The van der Waals surface area contributed by atoms with Crippen molar-refractivity contribution < 1.29 is 13.3 Å². The van der Waals surface area contributed by atoms with E-state index >= 15 is 0 Å². The van der Waals surface area contributed by atoms with Gasteiger partial charge in [0.25, 0.3) is 5.69 Å². The summed E-state index contributed by atoms with van der Waals surface area (Å²) in [5.74, 6) is 0. The molecule has 0 amide bonds. The van der Waals surface area contributed by atoms with Crippen molar-refractivity contribution in [3.63, 3.8) is 0 Å². The maximum atomic E-state index is 12.5. The van der Waals surface area contributed by atoms with E-state index in [1.807, 2.05) is 41.3 Å². The Morgan fingerprint density at radius 2 is 1.75 bits per heavy atom. The zero-order valence-corrected chi connectivity index (χ0v) is 15.7. The van der Waals surface area contributed by atoms with Crippen LogP contribution in [0.1, 0.15) is 11.1 Å². The van der Waals surface area contributed by atoms with Crippen LogP contribution in [-0.4, -0.2) is 43.8 Å². The monoisotopic (exact) mass is 398 g/mol. The summed E-state index contributed by atoms with van der Waals surface area (Å²) in [6, 6.07) is 15.3. The molecule has 0 saturated carbocycles. The van der Waals surface area contributed by atoms with Crippen LogP contribution < -0.4 is 4.90 Å². The van der Waals surface area contributed by atoms with Gasteiger partial charge in [0.2, 0.25) is 10.0 Å². The van der Waals surface area contributed by atoms with Gasteiger partial charge in [-0.15, -0.1) is 0 Å². The first-order valence-corrected chi connectivity index (χ1v) is 10.1. The second-order valence-corrected chi connectivity index (χ2v) is 8.03. The molecule has 8 nitrogen and oxygen atoms in total. The van der Waals surface area contributed by atoms with Crippen LogP contribution >= 0.6 is 0 Å². The number of rotatable bonds is 5. The van der Waals surface area contributed by atoms with Crippen molar-refractivity contribution in [1.29, 1.82) is 5.26 Å². The molecular formula is C19H18N4O4S. The molecule has 1 aliphatic heterocycles. The van der Waals surface area contributed by atoms with Gasteiger partial charge in [0.1, 0.15) is 6.07 Å². The maximum absolute atomic E-state index is 12.5. The minimum absolute atomic E-state index is 0.146. The fourth-order valence-corrected chi connectivity index (χ4v) is 4.17. The number of piperazine rings is 1. The van der Waals surface area contributed by atoms with E-state index in [2.05, 4.69) is 0 Å². The number of nitro benzene ring substituents is 1. The molecule has 0 spiro atoms. The van der Waals surface area contributed by atoms with E-state index < -0.39 is 14.9 Å². The second kappa shape index (κ2) is 8.21. The number of sulfonamides is 1. The first-order valence-electron chi connectivity index (χ1n) is 8.57. The molecule has 0 bridgehead atoms. The molecule has 9 heteroatoms. The third-order valence-corrected chi connectivity index (χ3v) is 6.05. The van der Waals surface area contributed by atoms with Gasteiger partial charge in [-0.25, -0.2) is 8.42 Å². The van der Waals surface area contributed by atoms with E-state index in [-0.39, 0.29) is 24.3 Å². The molecule has 0 aromatic heterocycles. The van der Waals surface area contributed by atoms with Gasteiger partial charge in [-0.2, -0.15) is 9.57 Å². The lowest BCUT2D eigenvalue weighted by molar-refractivity contribution is -0.384. The summed E-state index contributed by atoms with van der Waals surface area (Å²) in [4.78, 5) is 12.2. The lowest BCUT2D eigenvalue weighted by atomic mass is 10.1. The van der Waals surface area contributed by atoms with E-state index in [1.54, 1.807) is 6.08 Å². The van der Waals surface area contributed by atoms with Gasteiger partial charge in [-0.3, -0.25) is 10.1 Å². The molecule has 1 saturated heterocycles. The molecular weight excluding hydrogens is 380 g/mol. The van der Waals surface area contributed by atoms with Crippen LogP contribution in [0.5, 0.6) is 0 Å². The Morgan fingerprint density at radius 3 is 2.36 bits per heavy atom. The van der Waals surface area contributed by atoms with Crippen molar-refractivity contribution >= 4 is 27.5 Å². The van der Waals surface area contributed by atoms with Crippen molar-refractivity contribution in [1.82, 2.24) is 4.31 Å². The van der Waals surface area contributed by atoms with Gasteiger partial charge in [0, 0.05) is 43.7 Å². The average Bonchev–Trinajstić information content (AvgIpc) is 2.72. The predicted molar refractivity (Wildman–Crippen MR) is 106 cm³/mol. The largest absolute Gasteiger partial charge is 0.368 e. The number of nitro groups is 1. The Hall–Kier alpha value is -3.22. The number of nitriles is 1. The van der Waals surface area contributed by atoms with Crippen molar-refractivity contribution in [2.75, 3.05) is 31.1 Å². The van der Waals surface area contributed by atoms with Crippen LogP contribution in [0.2, 0.25) is 0 Å². The lowest BCUT2D eigenvalue weighted by Crippen LogP contribution is -2.48. The fourth-order valence-electron chi connectivity index (χ4n) is 3.00. The van der Waals surface area contributed by atoms with E-state index in [0.717, 1.165) is 5.56 Å². The van der Waals surface area contributed by atoms with E-state index in [1.165, 1.54) is 27.9 Å². The molecule has 2 aromatic carbocycles. The van der Waals surface area contributed by atoms with Crippen molar-refractivity contribution in [3.8, 4) is 6.07 Å². The molecule has 144 valence electrons. The van der Waals surface area contributed by atoms with Crippen LogP contribution in [0.3, 0.4) is 0 Å². The Labute approximate surface area is 163 Å². The highest BCUT2D eigenvalue weighted by molar-refractivity contribution is 7.92. The van der Waals surface area contributed by atoms with Gasteiger partial charge in [-0.1, -0.05) is 30.3 Å². The van der Waals surface area contributed by atoms with E-state index in [9.17, 15) is 23.8 Å². The number of anilines is 1. The number of hydrogen-bond acceptors (Lipinski definition) is 6. The van der Waals surface area contributed by atoms with Crippen LogP contribution in [0.25, 0.3) is 6.08 Å². The second-order valence-electron chi connectivity index (χ2n) is 6.21. The predicted octanol–water partition coefficient (Wildman–Crippen LogP) is 2.59. The third-order valence-electron chi connectivity index (χ3n) is 4.48. The Kier molecular flexibility index (Phi) is 5.73. The quantitative estimate of drug-likeness (QED) is 0.566. The summed E-state index contributed by atoms with van der Waals surface area (Å²) < 4.78 is 26.5. The maximum Gasteiger partial charge on any atom is 0.270 e. The van der Waals surface area contributed by atoms with Gasteiger partial charge < -0.3 is 4.90 Å². The molecule has 0 atom stereocenters. The topological polar surface area (TPSA) is 108 Å². The molecule has 1 aliphatic rings. The number of benzene rings is 2. The van der Waals surface area contributed by atoms with Gasteiger partial charge in [-0.05, 0) is 17.7 Å². The summed E-state index contributed by atoms with van der Waals surface area (Å²) in [6.07, 6.45) is 1.56. The first kappa shape index (κ1) is 19.5. The highest BCUT2D eigenvalue weighted by Gasteiger charge is 2.26. The van der Waals surface area contributed by atoms with Gasteiger partial charge in [0.15, 0.2) is 0 Å². The Bertz CT molecular complexity index is 1040. The molecule has 3 rings (SSSR count). The van der Waals surface area contributed by atoms with Crippen LogP contribution in [0.15, 0.2) is 53.9 Å². The van der Waals surface area contributed by atoms with Gasteiger partial charge >= 0.3 is 0 Å². The minimum atomic E-state index is -3.55. The molecule has 1 heterocycles. The SMILES string of the molecule is N#Cc1cc([N+](=O)[O-])ccc1N1CCN(S(=O)(=O)/C=C/c2ccccc2)CC1. The highest BCUT2D eigenvalue weighted by Crippen LogP contribution is 2.26. The number of nitrogens with zero attached hydrogens (tertiary/aromatic N) is 4. The molecule has 2 aromatic rings. The van der Waals surface area contributed by atoms with Crippen LogP contribution in [0, 0.1) is 21.4 Å². The smallest absolute Gasteiger partial charge is 0.270 e. The molecule has 0 N–H and O–H groups in total. The Morgan fingerprint density at radius 1 is 1.07 bits per heavy atom. The molecule has 28 heavy (non-hydrogen) atoms. The summed E-state index contributed by atoms with van der Waals surface area (Å²) in [5.41, 5.74) is 1.43. The fraction of sp³-hybridized carbons (Fsp3) is 0.211. The van der Waals surface area contributed by atoms with Gasteiger partial charge in [0.05, 0.1) is 16.2 Å². The summed E-state index contributed by atoms with van der Waals surface area (Å²) in [7, 11) is -3.55. The molecule has 0 aliphatic carbocycles. The lowest BCUT2D eigenvalue weighted by Gasteiger charge is -2.35. The van der Waals surface area contributed by atoms with Crippen molar-refractivity contribution in [2.24, 2.45) is 0 Å². The van der Waals surface area contributed by atoms with Crippen LogP contribution in [-0.2, 0) is 10.0 Å². The molecule has 1 fully saturated rings. The minimum Gasteiger partial charge on any atom is -0.368 e. The molecule has 0 radical (unpaired) electrons. The van der Waals surface area contributed by atoms with E-state index in [0.29, 0.717) is 18.8 Å². The third kappa shape index (κ3) is 4.36. The zero-order valence-electron chi connectivity index (χ0n) is 14.9. The summed E-state index contributed by atoms with van der Waals surface area (Å²) >= 11 is 0.